The number of ether oxygens (including phenoxy) is 2. The van der Waals surface area contributed by atoms with E-state index in [0.717, 1.165) is 16.0 Å². The van der Waals surface area contributed by atoms with Crippen molar-refractivity contribution in [3.05, 3.63) is 77.9 Å². The van der Waals surface area contributed by atoms with Crippen LogP contribution in [0, 0.1) is 0 Å². The molecule has 0 radical (unpaired) electrons. The lowest BCUT2D eigenvalue weighted by Crippen LogP contribution is -2.41. The second-order valence-electron chi connectivity index (χ2n) is 7.36. The van der Waals surface area contributed by atoms with E-state index in [0.29, 0.717) is 17.9 Å². The Morgan fingerprint density at radius 3 is 2.40 bits per heavy atom. The molecule has 1 heterocycles. The molecule has 1 saturated heterocycles. The van der Waals surface area contributed by atoms with E-state index in [1.165, 1.54) is 0 Å². The van der Waals surface area contributed by atoms with Crippen LogP contribution in [0.2, 0.25) is 0 Å². The van der Waals surface area contributed by atoms with Crippen molar-refractivity contribution in [1.82, 2.24) is 10.2 Å². The van der Waals surface area contributed by atoms with Gasteiger partial charge in [0.2, 0.25) is 0 Å². The van der Waals surface area contributed by atoms with Crippen LogP contribution in [0.15, 0.2) is 66.7 Å². The zero-order valence-corrected chi connectivity index (χ0v) is 17.0. The van der Waals surface area contributed by atoms with E-state index < -0.39 is 30.0 Å². The van der Waals surface area contributed by atoms with Gasteiger partial charge >= 0.3 is 12.0 Å². The van der Waals surface area contributed by atoms with Gasteiger partial charge in [0, 0.05) is 0 Å². The van der Waals surface area contributed by atoms with Crippen molar-refractivity contribution in [2.75, 3.05) is 13.2 Å². The topological polar surface area (TPSA) is 84.9 Å². The first-order valence-corrected chi connectivity index (χ1v) is 9.51. The lowest BCUT2D eigenvalue weighted by atomic mass is 9.92. The van der Waals surface area contributed by atoms with Crippen molar-refractivity contribution in [2.45, 2.75) is 26.0 Å². The van der Waals surface area contributed by atoms with E-state index in [1.54, 1.807) is 31.2 Å². The summed E-state index contributed by atoms with van der Waals surface area (Å²) < 4.78 is 10.7. The van der Waals surface area contributed by atoms with Gasteiger partial charge in [-0.1, -0.05) is 49.0 Å². The van der Waals surface area contributed by atoms with Crippen LogP contribution >= 0.6 is 0 Å². The van der Waals surface area contributed by atoms with E-state index >= 15 is 0 Å². The summed E-state index contributed by atoms with van der Waals surface area (Å²) in [6.07, 6.45) is 0. The maximum absolute atomic E-state index is 12.9. The van der Waals surface area contributed by atoms with Crippen LogP contribution in [0.25, 0.3) is 0 Å². The summed E-state index contributed by atoms with van der Waals surface area (Å²) in [4.78, 5) is 38.4. The molecule has 1 fully saturated rings. The van der Waals surface area contributed by atoms with Crippen LogP contribution < -0.4 is 10.1 Å². The lowest BCUT2D eigenvalue weighted by Gasteiger charge is -2.22. The summed E-state index contributed by atoms with van der Waals surface area (Å²) in [5.74, 6) is -0.543. The van der Waals surface area contributed by atoms with Crippen LogP contribution in [-0.4, -0.2) is 36.0 Å². The van der Waals surface area contributed by atoms with Gasteiger partial charge in [-0.05, 0) is 42.7 Å². The maximum atomic E-state index is 12.9. The molecule has 156 valence electrons. The molecule has 2 aromatic rings. The van der Waals surface area contributed by atoms with Gasteiger partial charge < -0.3 is 14.8 Å². The number of hydrogen-bond donors (Lipinski definition) is 1. The first-order chi connectivity index (χ1) is 14.3. The Labute approximate surface area is 175 Å². The summed E-state index contributed by atoms with van der Waals surface area (Å²) in [7, 11) is 0. The van der Waals surface area contributed by atoms with E-state index in [2.05, 4.69) is 11.9 Å². The van der Waals surface area contributed by atoms with Gasteiger partial charge in [0.1, 0.15) is 31.0 Å². The van der Waals surface area contributed by atoms with Crippen molar-refractivity contribution in [2.24, 2.45) is 0 Å². The Balaban J connectivity index is 1.64. The van der Waals surface area contributed by atoms with Crippen molar-refractivity contribution in [3.63, 3.8) is 0 Å². The highest BCUT2D eigenvalue weighted by Crippen LogP contribution is 2.30. The smallest absolute Gasteiger partial charge is 0.326 e. The number of carbonyl (C=O) groups is 3. The third-order valence-corrected chi connectivity index (χ3v) is 4.72. The number of hydrogen-bond acceptors (Lipinski definition) is 5. The SMILES string of the molecule is C=C(C)COc1ccc(C2(C)NC(=O)N(CC(=O)OCc3ccccc3)C2=O)cc1. The molecule has 0 aromatic heterocycles. The first-order valence-electron chi connectivity index (χ1n) is 9.51. The van der Waals surface area contributed by atoms with Gasteiger partial charge in [0.05, 0.1) is 0 Å². The minimum atomic E-state index is -1.27. The molecule has 7 nitrogen and oxygen atoms in total. The molecular weight excluding hydrogens is 384 g/mol. The number of nitrogens with zero attached hydrogens (tertiary/aromatic N) is 1. The van der Waals surface area contributed by atoms with Gasteiger partial charge in [-0.3, -0.25) is 14.5 Å². The van der Waals surface area contributed by atoms with Crippen molar-refractivity contribution in [3.8, 4) is 5.75 Å². The molecular formula is C23H24N2O5. The molecule has 3 rings (SSSR count). The van der Waals surface area contributed by atoms with Crippen LogP contribution in [0.4, 0.5) is 4.79 Å². The predicted octanol–water partition coefficient (Wildman–Crippen LogP) is 3.15. The molecule has 0 saturated carbocycles. The van der Waals surface area contributed by atoms with Gasteiger partial charge in [0.15, 0.2) is 0 Å². The first kappa shape index (κ1) is 21.1. The molecule has 2 aromatic carbocycles. The summed E-state index contributed by atoms with van der Waals surface area (Å²) in [6.45, 7) is 7.27. The Hall–Kier alpha value is -3.61. The van der Waals surface area contributed by atoms with Gasteiger partial charge in [-0.25, -0.2) is 4.79 Å². The summed E-state index contributed by atoms with van der Waals surface area (Å²) in [5, 5.41) is 2.67. The number of benzene rings is 2. The zero-order chi connectivity index (χ0) is 21.7. The fourth-order valence-electron chi connectivity index (χ4n) is 3.04. The minimum absolute atomic E-state index is 0.0756. The van der Waals surface area contributed by atoms with E-state index in [9.17, 15) is 14.4 Å². The number of esters is 1. The van der Waals surface area contributed by atoms with Gasteiger partial charge in [-0.2, -0.15) is 0 Å². The third kappa shape index (κ3) is 4.68. The number of imide groups is 1. The molecule has 7 heteroatoms. The lowest BCUT2D eigenvalue weighted by molar-refractivity contribution is -0.148. The number of carbonyl (C=O) groups excluding carboxylic acids is 3. The second kappa shape index (κ2) is 8.82. The number of urea groups is 1. The predicted molar refractivity (Wildman–Crippen MR) is 111 cm³/mol. The molecule has 30 heavy (non-hydrogen) atoms. The highest BCUT2D eigenvalue weighted by atomic mass is 16.5. The van der Waals surface area contributed by atoms with Crippen LogP contribution in [0.3, 0.4) is 0 Å². The molecule has 1 aliphatic rings. The third-order valence-electron chi connectivity index (χ3n) is 4.72. The summed E-state index contributed by atoms with van der Waals surface area (Å²) in [6, 6.07) is 15.4. The molecule has 1 unspecified atom stereocenters. The highest BCUT2D eigenvalue weighted by molar-refractivity contribution is 6.08. The maximum Gasteiger partial charge on any atom is 0.326 e. The van der Waals surface area contributed by atoms with E-state index in [1.807, 2.05) is 37.3 Å². The quantitative estimate of drug-likeness (QED) is 0.412. The molecule has 1 atom stereocenters. The molecule has 1 N–H and O–H groups in total. The molecule has 1 aliphatic heterocycles. The number of nitrogens with one attached hydrogen (secondary N) is 1. The highest BCUT2D eigenvalue weighted by Gasteiger charge is 2.49. The van der Waals surface area contributed by atoms with Crippen molar-refractivity contribution >= 4 is 17.9 Å². The largest absolute Gasteiger partial charge is 0.489 e. The van der Waals surface area contributed by atoms with Crippen LogP contribution in [-0.2, 0) is 26.5 Å². The monoisotopic (exact) mass is 408 g/mol. The molecule has 3 amide bonds. The normalized spacial score (nSPS) is 18.1. The average molecular weight is 408 g/mol. The van der Waals surface area contributed by atoms with E-state index in [4.69, 9.17) is 9.47 Å². The van der Waals surface area contributed by atoms with Crippen molar-refractivity contribution < 1.29 is 23.9 Å². The Kier molecular flexibility index (Phi) is 6.20. The zero-order valence-electron chi connectivity index (χ0n) is 17.0. The Morgan fingerprint density at radius 1 is 1.10 bits per heavy atom. The molecule has 0 spiro atoms. The van der Waals surface area contributed by atoms with E-state index in [-0.39, 0.29) is 6.61 Å². The molecule has 0 bridgehead atoms. The Bertz CT molecular complexity index is 955. The summed E-state index contributed by atoms with van der Waals surface area (Å²) in [5.41, 5.74) is 1.02. The standard InChI is InChI=1S/C23H24N2O5/c1-16(2)14-29-19-11-9-18(10-12-19)23(3)21(27)25(22(28)24-23)13-20(26)30-15-17-7-5-4-6-8-17/h4-12H,1,13-15H2,2-3H3,(H,24,28). The fourth-order valence-corrected chi connectivity index (χ4v) is 3.04. The second-order valence-corrected chi connectivity index (χ2v) is 7.36. The van der Waals surface area contributed by atoms with Gasteiger partial charge in [-0.15, -0.1) is 0 Å². The number of amides is 3. The summed E-state index contributed by atoms with van der Waals surface area (Å²) >= 11 is 0. The number of rotatable bonds is 8. The van der Waals surface area contributed by atoms with Crippen molar-refractivity contribution in [1.29, 1.82) is 0 Å². The fraction of sp³-hybridized carbons (Fsp3) is 0.261. The van der Waals surface area contributed by atoms with Crippen LogP contribution in [0.5, 0.6) is 5.75 Å². The minimum Gasteiger partial charge on any atom is -0.489 e. The van der Waals surface area contributed by atoms with Gasteiger partial charge in [0.25, 0.3) is 5.91 Å². The Morgan fingerprint density at radius 2 is 1.77 bits per heavy atom. The molecule has 0 aliphatic carbocycles. The average Bonchev–Trinajstić information content (AvgIpc) is 2.95. The van der Waals surface area contributed by atoms with Crippen LogP contribution in [0.1, 0.15) is 25.0 Å².